The zero-order valence-electron chi connectivity index (χ0n) is 13.6. The fraction of sp³-hybridized carbons (Fsp3) is 0.941. The summed E-state index contributed by atoms with van der Waals surface area (Å²) < 4.78 is 0. The largest absolute Gasteiger partial charge is 0.394 e. The average Bonchev–Trinajstić information content (AvgIpc) is 2.50. The number of hydrogen-bond donors (Lipinski definition) is 3. The van der Waals surface area contributed by atoms with Gasteiger partial charge in [-0.15, -0.1) is 0 Å². The molecule has 126 valence electrons. The van der Waals surface area contributed by atoms with Gasteiger partial charge in [0.15, 0.2) is 5.78 Å². The lowest BCUT2D eigenvalue weighted by Gasteiger charge is -2.13. The molecule has 0 amide bonds. The van der Waals surface area contributed by atoms with E-state index in [1.54, 1.807) is 0 Å². The molecule has 0 aromatic carbocycles. The summed E-state index contributed by atoms with van der Waals surface area (Å²) in [5.41, 5.74) is 0. The van der Waals surface area contributed by atoms with Crippen molar-refractivity contribution in [3.63, 3.8) is 0 Å². The maximum Gasteiger partial charge on any atom is 0.164 e. The lowest BCUT2D eigenvalue weighted by molar-refractivity contribution is -0.134. The van der Waals surface area contributed by atoms with Gasteiger partial charge in [-0.05, 0) is 6.42 Å². The highest BCUT2D eigenvalue weighted by atomic mass is 16.4. The van der Waals surface area contributed by atoms with Crippen LogP contribution in [0.25, 0.3) is 0 Å². The fourth-order valence-electron chi connectivity index (χ4n) is 2.43. The highest BCUT2D eigenvalue weighted by molar-refractivity contribution is 5.83. The summed E-state index contributed by atoms with van der Waals surface area (Å²) in [6, 6.07) is 0. The smallest absolute Gasteiger partial charge is 0.164 e. The molecule has 3 N–H and O–H groups in total. The number of rotatable bonds is 15. The second-order valence-corrected chi connectivity index (χ2v) is 5.95. The molecule has 0 aliphatic rings. The van der Waals surface area contributed by atoms with Gasteiger partial charge in [-0.3, -0.25) is 4.79 Å². The zero-order valence-corrected chi connectivity index (χ0v) is 13.6. The Kier molecular flexibility index (Phi) is 14.2. The van der Waals surface area contributed by atoms with Gasteiger partial charge >= 0.3 is 0 Å². The molecule has 0 aliphatic carbocycles. The maximum atomic E-state index is 11.5. The number of aliphatic hydroxyl groups excluding tert-OH is 3. The number of Topliss-reactive ketones (excluding diaryl/α,β-unsaturated/α-hetero) is 1. The molecule has 2 atom stereocenters. The van der Waals surface area contributed by atoms with Gasteiger partial charge < -0.3 is 15.3 Å². The highest BCUT2D eigenvalue weighted by Gasteiger charge is 2.22. The average molecular weight is 302 g/mol. The van der Waals surface area contributed by atoms with Crippen molar-refractivity contribution in [3.8, 4) is 0 Å². The Balaban J connectivity index is 3.30. The molecule has 0 aromatic rings. The van der Waals surface area contributed by atoms with Crippen LogP contribution >= 0.6 is 0 Å². The molecular weight excluding hydrogens is 268 g/mol. The van der Waals surface area contributed by atoms with Gasteiger partial charge in [-0.1, -0.05) is 71.1 Å². The Morgan fingerprint density at radius 3 is 1.67 bits per heavy atom. The first-order chi connectivity index (χ1) is 10.1. The summed E-state index contributed by atoms with van der Waals surface area (Å²) in [5, 5.41) is 27.2. The second-order valence-electron chi connectivity index (χ2n) is 5.95. The third kappa shape index (κ3) is 11.8. The molecule has 0 radical (unpaired) electrons. The molecule has 4 nitrogen and oxygen atoms in total. The van der Waals surface area contributed by atoms with Crippen LogP contribution in [-0.2, 0) is 4.79 Å². The van der Waals surface area contributed by atoms with Gasteiger partial charge in [0.2, 0.25) is 0 Å². The van der Waals surface area contributed by atoms with Gasteiger partial charge in [-0.2, -0.15) is 0 Å². The Bertz CT molecular complexity index is 243. The van der Waals surface area contributed by atoms with Crippen molar-refractivity contribution in [2.24, 2.45) is 0 Å². The number of unbranched alkanes of at least 4 members (excludes halogenated alkanes) is 10. The third-order valence-electron chi connectivity index (χ3n) is 3.91. The number of hydrogen-bond acceptors (Lipinski definition) is 4. The van der Waals surface area contributed by atoms with Crippen LogP contribution in [0.4, 0.5) is 0 Å². The molecule has 4 heteroatoms. The lowest BCUT2D eigenvalue weighted by Crippen LogP contribution is -2.36. The van der Waals surface area contributed by atoms with E-state index in [4.69, 9.17) is 10.2 Å². The summed E-state index contributed by atoms with van der Waals surface area (Å²) >= 11 is 0. The molecular formula is C17H34O4. The van der Waals surface area contributed by atoms with Crippen LogP contribution in [-0.4, -0.2) is 39.9 Å². The van der Waals surface area contributed by atoms with Crippen LogP contribution in [0, 0.1) is 0 Å². The molecule has 0 saturated carbocycles. The Morgan fingerprint density at radius 2 is 1.24 bits per heavy atom. The number of carbonyl (C=O) groups is 1. The van der Waals surface area contributed by atoms with E-state index in [2.05, 4.69) is 6.92 Å². The van der Waals surface area contributed by atoms with Gasteiger partial charge in [0.05, 0.1) is 6.61 Å². The van der Waals surface area contributed by atoms with Crippen LogP contribution in [0.5, 0.6) is 0 Å². The first kappa shape index (κ1) is 20.6. The quantitative estimate of drug-likeness (QED) is 0.406. The predicted molar refractivity (Wildman–Crippen MR) is 85.2 cm³/mol. The van der Waals surface area contributed by atoms with E-state index in [1.165, 1.54) is 51.4 Å². The summed E-state index contributed by atoms with van der Waals surface area (Å²) in [4.78, 5) is 11.5. The van der Waals surface area contributed by atoms with Crippen LogP contribution in [0.15, 0.2) is 0 Å². The molecule has 0 aromatic heterocycles. The van der Waals surface area contributed by atoms with Crippen molar-refractivity contribution >= 4 is 5.78 Å². The Hall–Kier alpha value is -0.450. The van der Waals surface area contributed by atoms with Crippen molar-refractivity contribution in [2.75, 3.05) is 6.61 Å². The van der Waals surface area contributed by atoms with Gasteiger partial charge in [0.25, 0.3) is 0 Å². The molecule has 2 unspecified atom stereocenters. The van der Waals surface area contributed by atoms with Crippen molar-refractivity contribution in [1.29, 1.82) is 0 Å². The zero-order chi connectivity index (χ0) is 15.9. The molecule has 21 heavy (non-hydrogen) atoms. The molecule has 0 bridgehead atoms. The van der Waals surface area contributed by atoms with Crippen LogP contribution < -0.4 is 0 Å². The molecule has 0 spiro atoms. The minimum atomic E-state index is -1.43. The number of carbonyl (C=O) groups excluding carboxylic acids is 1. The standard InChI is InChI=1S/C17H34O4/c1-2-3-4-5-6-7-8-9-10-11-12-13-15(19)17(21)16(20)14-18/h16-18,20-21H,2-14H2,1H3. The number of aliphatic hydroxyl groups is 3. The van der Waals surface area contributed by atoms with Crippen LogP contribution in [0.3, 0.4) is 0 Å². The summed E-state index contributed by atoms with van der Waals surface area (Å²) in [5.74, 6) is -0.368. The first-order valence-corrected chi connectivity index (χ1v) is 8.63. The van der Waals surface area contributed by atoms with E-state index in [-0.39, 0.29) is 12.2 Å². The molecule has 0 saturated heterocycles. The van der Waals surface area contributed by atoms with Crippen molar-refractivity contribution in [2.45, 2.75) is 96.2 Å². The molecule has 0 rings (SSSR count). The van der Waals surface area contributed by atoms with Gasteiger partial charge in [0, 0.05) is 6.42 Å². The van der Waals surface area contributed by atoms with E-state index >= 15 is 0 Å². The van der Waals surface area contributed by atoms with E-state index in [9.17, 15) is 9.90 Å². The Morgan fingerprint density at radius 1 is 0.810 bits per heavy atom. The van der Waals surface area contributed by atoms with E-state index in [0.29, 0.717) is 0 Å². The number of ketones is 1. The van der Waals surface area contributed by atoms with Crippen molar-refractivity contribution in [3.05, 3.63) is 0 Å². The summed E-state index contributed by atoms with van der Waals surface area (Å²) in [6.45, 7) is 1.65. The van der Waals surface area contributed by atoms with E-state index in [0.717, 1.165) is 19.3 Å². The summed E-state index contributed by atoms with van der Waals surface area (Å²) in [7, 11) is 0. The minimum Gasteiger partial charge on any atom is -0.394 e. The van der Waals surface area contributed by atoms with E-state index < -0.39 is 18.8 Å². The van der Waals surface area contributed by atoms with Crippen molar-refractivity contribution < 1.29 is 20.1 Å². The monoisotopic (exact) mass is 302 g/mol. The fourth-order valence-corrected chi connectivity index (χ4v) is 2.43. The SMILES string of the molecule is CCCCCCCCCCCCCC(=O)C(O)C(O)CO. The van der Waals surface area contributed by atoms with Crippen LogP contribution in [0.2, 0.25) is 0 Å². The highest BCUT2D eigenvalue weighted by Crippen LogP contribution is 2.12. The first-order valence-electron chi connectivity index (χ1n) is 8.63. The minimum absolute atomic E-state index is 0.287. The lowest BCUT2D eigenvalue weighted by atomic mass is 10.0. The normalized spacial score (nSPS) is 14.1. The second kappa shape index (κ2) is 14.5. The molecule has 0 aliphatic heterocycles. The van der Waals surface area contributed by atoms with E-state index in [1.807, 2.05) is 0 Å². The third-order valence-corrected chi connectivity index (χ3v) is 3.91. The van der Waals surface area contributed by atoms with Gasteiger partial charge in [-0.25, -0.2) is 0 Å². The predicted octanol–water partition coefficient (Wildman–Crippen LogP) is 2.97. The molecule has 0 heterocycles. The van der Waals surface area contributed by atoms with Crippen molar-refractivity contribution in [1.82, 2.24) is 0 Å². The summed E-state index contributed by atoms with van der Waals surface area (Å²) in [6.07, 6.45) is 10.9. The Labute approximate surface area is 129 Å². The molecule has 0 fully saturated rings. The van der Waals surface area contributed by atoms with Gasteiger partial charge in [0.1, 0.15) is 12.2 Å². The van der Waals surface area contributed by atoms with Crippen LogP contribution in [0.1, 0.15) is 84.0 Å². The topological polar surface area (TPSA) is 77.8 Å². The maximum absolute atomic E-state index is 11.5.